The molecule has 1 N–H and O–H groups in total. The molecule has 40 heavy (non-hydrogen) atoms. The quantitative estimate of drug-likeness (QED) is 0.114. The monoisotopic (exact) mass is 711 g/mol. The first-order valence-corrected chi connectivity index (χ1v) is 18.9. The Morgan fingerprint density at radius 2 is 0.950 bits per heavy atom. The Bertz CT molecular complexity index is 1030. The maximum absolute atomic E-state index is 11.5. The molecule has 0 spiro atoms. The van der Waals surface area contributed by atoms with Crippen molar-refractivity contribution < 1.29 is 50.4 Å². The molecule has 2 rings (SSSR count). The average molecular weight is 713 g/mol. The minimum absolute atomic E-state index is 0. The van der Waals surface area contributed by atoms with Crippen molar-refractivity contribution in [2.75, 3.05) is 39.5 Å². The fourth-order valence-electron chi connectivity index (χ4n) is 3.57. The van der Waals surface area contributed by atoms with Gasteiger partial charge in [-0.2, -0.15) is 0 Å². The second-order valence-corrected chi connectivity index (χ2v) is 16.9. The van der Waals surface area contributed by atoms with E-state index in [2.05, 4.69) is 91.8 Å². The number of alkyl halides is 1. The fraction of sp³-hybridized carbons (Fsp3) is 0.600. The SMILES string of the molecule is CC(C)c1cccc(C(C)C)c1OCCl.CC(C)c1cccc(C(C)C)c1OCOP(C)(C)=O.CP(C)(=O)O.[Ag]. The van der Waals surface area contributed by atoms with E-state index in [0.29, 0.717) is 23.7 Å². The summed E-state index contributed by atoms with van der Waals surface area (Å²) in [6.45, 7) is 23.0. The zero-order valence-corrected chi connectivity index (χ0v) is 30.3. The first-order chi connectivity index (χ1) is 17.8. The molecular formula is C30H51AgClO6P2. The molecule has 235 valence electrons. The number of para-hydroxylation sites is 2. The molecule has 2 aromatic carbocycles. The van der Waals surface area contributed by atoms with Crippen molar-refractivity contribution in [1.82, 2.24) is 0 Å². The van der Waals surface area contributed by atoms with Gasteiger partial charge < -0.3 is 14.4 Å². The molecule has 2 aromatic rings. The number of rotatable bonds is 10. The molecular weight excluding hydrogens is 662 g/mol. The summed E-state index contributed by atoms with van der Waals surface area (Å²) in [5.41, 5.74) is 4.80. The molecule has 0 aliphatic heterocycles. The van der Waals surface area contributed by atoms with Gasteiger partial charge in [-0.25, -0.2) is 0 Å². The summed E-state index contributed by atoms with van der Waals surface area (Å²) in [4.78, 5) is 8.08. The standard InChI is InChI=1S/C15H25O3P.C13H19ClO.C2H7O2P.Ag/c1-11(2)13-8-7-9-14(12(3)4)15(13)17-10-18-19(5,6)16;1-9(2)11-6-5-7-12(10(3)4)13(11)15-8-14;1-5(2,3)4;/h7-9,11-12H,10H2,1-6H3;5-7,9-10H,8H2,1-4H3;1-2H3,(H,3,4);. The van der Waals surface area contributed by atoms with Crippen LogP contribution in [-0.2, 0) is 36.0 Å². The Hall–Kier alpha value is -0.550. The zero-order chi connectivity index (χ0) is 30.6. The third kappa shape index (κ3) is 17.4. The van der Waals surface area contributed by atoms with Crippen LogP contribution in [0.15, 0.2) is 36.4 Å². The van der Waals surface area contributed by atoms with Crippen LogP contribution < -0.4 is 9.47 Å². The number of ether oxygens (including phenoxy) is 2. The van der Waals surface area contributed by atoms with E-state index in [1.165, 1.54) is 24.5 Å². The molecule has 0 aliphatic rings. The van der Waals surface area contributed by atoms with Crippen molar-refractivity contribution in [2.45, 2.75) is 79.1 Å². The van der Waals surface area contributed by atoms with E-state index in [1.807, 2.05) is 0 Å². The van der Waals surface area contributed by atoms with Crippen LogP contribution in [0.25, 0.3) is 0 Å². The third-order valence-corrected chi connectivity index (χ3v) is 6.24. The normalized spacial score (nSPS) is 11.4. The van der Waals surface area contributed by atoms with Gasteiger partial charge in [0.25, 0.3) is 0 Å². The second-order valence-electron chi connectivity index (χ2n) is 11.3. The molecule has 10 heteroatoms. The summed E-state index contributed by atoms with van der Waals surface area (Å²) >= 11 is 5.67. The molecule has 0 heterocycles. The van der Waals surface area contributed by atoms with Gasteiger partial charge in [0, 0.05) is 49.0 Å². The molecule has 0 fully saturated rings. The molecule has 0 atom stereocenters. The Morgan fingerprint density at radius 1 is 0.675 bits per heavy atom. The predicted octanol–water partition coefficient (Wildman–Crippen LogP) is 9.85. The van der Waals surface area contributed by atoms with Gasteiger partial charge >= 0.3 is 0 Å². The van der Waals surface area contributed by atoms with Crippen LogP contribution >= 0.6 is 26.3 Å². The summed E-state index contributed by atoms with van der Waals surface area (Å²) < 4.78 is 37.9. The maximum atomic E-state index is 11.5. The van der Waals surface area contributed by atoms with Crippen molar-refractivity contribution in [3.63, 3.8) is 0 Å². The number of hydrogen-bond donors (Lipinski definition) is 1. The Morgan fingerprint density at radius 3 is 1.18 bits per heavy atom. The Labute approximate surface area is 264 Å². The number of benzene rings is 2. The third-order valence-electron chi connectivity index (χ3n) is 5.41. The molecule has 1 radical (unpaired) electrons. The van der Waals surface area contributed by atoms with Gasteiger partial charge in [-0.3, -0.25) is 13.7 Å². The van der Waals surface area contributed by atoms with Crippen LogP contribution in [0.3, 0.4) is 0 Å². The van der Waals surface area contributed by atoms with E-state index < -0.39 is 14.7 Å². The van der Waals surface area contributed by atoms with E-state index >= 15 is 0 Å². The van der Waals surface area contributed by atoms with Gasteiger partial charge in [0.05, 0.1) is 0 Å². The van der Waals surface area contributed by atoms with Crippen LogP contribution in [0.2, 0.25) is 0 Å². The summed E-state index contributed by atoms with van der Waals surface area (Å²) in [5, 5.41) is 0. The van der Waals surface area contributed by atoms with Gasteiger partial charge in [0.15, 0.2) is 27.6 Å². The Kier molecular flexibility index (Phi) is 20.4. The summed E-state index contributed by atoms with van der Waals surface area (Å²) in [5.74, 6) is 3.52. The van der Waals surface area contributed by atoms with Gasteiger partial charge in [-0.15, -0.1) is 0 Å². The molecule has 0 unspecified atom stereocenters. The van der Waals surface area contributed by atoms with E-state index in [9.17, 15) is 9.13 Å². The van der Waals surface area contributed by atoms with Crippen LogP contribution in [0, 0.1) is 0 Å². The van der Waals surface area contributed by atoms with Gasteiger partial charge in [-0.1, -0.05) is 103 Å². The van der Waals surface area contributed by atoms with Crippen molar-refractivity contribution >= 4 is 26.3 Å². The molecule has 0 saturated heterocycles. The zero-order valence-electron chi connectivity index (χ0n) is 26.3. The molecule has 6 nitrogen and oxygen atoms in total. The van der Waals surface area contributed by atoms with Crippen molar-refractivity contribution in [3.8, 4) is 11.5 Å². The van der Waals surface area contributed by atoms with Crippen LogP contribution in [-0.4, -0.2) is 44.4 Å². The smallest absolute Gasteiger partial charge is 0.200 e. The number of halogens is 1. The summed E-state index contributed by atoms with van der Waals surface area (Å²) in [6, 6.07) is 12.7. The topological polar surface area (TPSA) is 82.1 Å². The van der Waals surface area contributed by atoms with Crippen LogP contribution in [0.4, 0.5) is 0 Å². The van der Waals surface area contributed by atoms with Gasteiger partial charge in [0.2, 0.25) is 0 Å². The molecule has 0 amide bonds. The molecule has 0 aromatic heterocycles. The van der Waals surface area contributed by atoms with E-state index in [1.54, 1.807) is 13.3 Å². The van der Waals surface area contributed by atoms with E-state index in [-0.39, 0.29) is 35.2 Å². The molecule has 0 aliphatic carbocycles. The van der Waals surface area contributed by atoms with Crippen molar-refractivity contribution in [2.24, 2.45) is 0 Å². The predicted molar refractivity (Wildman–Crippen MR) is 168 cm³/mol. The van der Waals surface area contributed by atoms with Crippen LogP contribution in [0.5, 0.6) is 11.5 Å². The first kappa shape index (κ1) is 41.6. The molecule has 0 bridgehead atoms. The summed E-state index contributed by atoms with van der Waals surface area (Å²) in [7, 11) is -5.14. The van der Waals surface area contributed by atoms with E-state index in [4.69, 9.17) is 30.5 Å². The second kappa shape index (κ2) is 19.6. The first-order valence-electron chi connectivity index (χ1n) is 13.3. The minimum Gasteiger partial charge on any atom is -0.477 e. The Balaban J connectivity index is 0. The van der Waals surface area contributed by atoms with Crippen LogP contribution in [0.1, 0.15) is 101 Å². The number of hydrogen-bond acceptors (Lipinski definition) is 5. The summed E-state index contributed by atoms with van der Waals surface area (Å²) in [6.07, 6.45) is 0. The minimum atomic E-state index is -2.64. The van der Waals surface area contributed by atoms with E-state index in [0.717, 1.165) is 22.6 Å². The van der Waals surface area contributed by atoms with Crippen molar-refractivity contribution in [3.05, 3.63) is 58.7 Å². The van der Waals surface area contributed by atoms with Gasteiger partial charge in [-0.05, 0) is 45.9 Å². The van der Waals surface area contributed by atoms with Gasteiger partial charge in [0.1, 0.15) is 11.5 Å². The largest absolute Gasteiger partial charge is 0.477 e. The fourth-order valence-corrected chi connectivity index (χ4v) is 3.98. The molecule has 0 saturated carbocycles. The van der Waals surface area contributed by atoms with Crippen molar-refractivity contribution in [1.29, 1.82) is 0 Å². The maximum Gasteiger partial charge on any atom is 0.200 e. The average Bonchev–Trinajstić information content (AvgIpc) is 2.77.